The van der Waals surface area contributed by atoms with E-state index in [4.69, 9.17) is 0 Å². The van der Waals surface area contributed by atoms with Crippen molar-refractivity contribution in [3.8, 4) is 0 Å². The molecule has 1 aliphatic carbocycles. The third-order valence-electron chi connectivity index (χ3n) is 4.39. The molecule has 2 aromatic heterocycles. The molecule has 0 unspecified atom stereocenters. The third-order valence-corrected chi connectivity index (χ3v) is 4.39. The molecule has 0 saturated heterocycles. The van der Waals surface area contributed by atoms with Gasteiger partial charge in [0.2, 0.25) is 5.91 Å². The lowest BCUT2D eigenvalue weighted by Gasteiger charge is -2.29. The van der Waals surface area contributed by atoms with E-state index in [2.05, 4.69) is 20.5 Å². The van der Waals surface area contributed by atoms with Crippen LogP contribution in [-0.2, 0) is 11.3 Å². The lowest BCUT2D eigenvalue weighted by atomic mass is 9.91. The Kier molecular flexibility index (Phi) is 4.86. The number of rotatable bonds is 5. The number of alkyl halides is 2. The maximum absolute atomic E-state index is 12.6. The van der Waals surface area contributed by atoms with Crippen LogP contribution in [0.4, 0.5) is 8.78 Å². The molecule has 0 bridgehead atoms. The molecule has 2 heterocycles. The zero-order valence-electron chi connectivity index (χ0n) is 13.4. The van der Waals surface area contributed by atoms with Crippen LogP contribution < -0.4 is 5.32 Å². The van der Waals surface area contributed by atoms with Crippen molar-refractivity contribution in [2.75, 3.05) is 0 Å². The first-order valence-electron chi connectivity index (χ1n) is 7.99. The van der Waals surface area contributed by atoms with Crippen LogP contribution in [0.2, 0.25) is 0 Å². The first-order chi connectivity index (χ1) is 11.5. The quantitative estimate of drug-likeness (QED) is 0.905. The van der Waals surface area contributed by atoms with Crippen molar-refractivity contribution in [3.05, 3.63) is 30.1 Å². The maximum Gasteiger partial charge on any atom is 0.282 e. The van der Waals surface area contributed by atoms with E-state index >= 15 is 0 Å². The van der Waals surface area contributed by atoms with Gasteiger partial charge in [-0.05, 0) is 38.7 Å². The number of aryl methyl sites for hydroxylation is 1. The van der Waals surface area contributed by atoms with Crippen LogP contribution in [0, 0.1) is 6.92 Å². The summed E-state index contributed by atoms with van der Waals surface area (Å²) in [5.74, 6) is -0.203. The van der Waals surface area contributed by atoms with Crippen molar-refractivity contribution in [1.82, 2.24) is 29.9 Å². The van der Waals surface area contributed by atoms with E-state index in [0.717, 1.165) is 25.7 Å². The second kappa shape index (κ2) is 7.06. The minimum atomic E-state index is -2.62. The minimum Gasteiger partial charge on any atom is -0.352 e. The number of amides is 1. The zero-order chi connectivity index (χ0) is 17.1. The molecule has 0 atom stereocenters. The first-order valence-corrected chi connectivity index (χ1v) is 7.99. The van der Waals surface area contributed by atoms with E-state index in [-0.39, 0.29) is 24.2 Å². The smallest absolute Gasteiger partial charge is 0.282 e. The number of nitrogens with one attached hydrogen (secondary N) is 1. The summed E-state index contributed by atoms with van der Waals surface area (Å²) in [7, 11) is 0. The van der Waals surface area contributed by atoms with Crippen LogP contribution in [0.1, 0.15) is 49.5 Å². The second-order valence-corrected chi connectivity index (χ2v) is 6.12. The van der Waals surface area contributed by atoms with Crippen molar-refractivity contribution in [2.24, 2.45) is 0 Å². The fraction of sp³-hybridized carbons (Fsp3) is 0.600. The van der Waals surface area contributed by atoms with Gasteiger partial charge in [-0.2, -0.15) is 10.2 Å². The van der Waals surface area contributed by atoms with Crippen LogP contribution in [0.25, 0.3) is 0 Å². The molecular formula is C15H20F2N6O. The molecule has 1 N–H and O–H groups in total. The molecule has 0 spiro atoms. The van der Waals surface area contributed by atoms with Crippen molar-refractivity contribution in [3.63, 3.8) is 0 Å². The lowest BCUT2D eigenvalue weighted by Crippen LogP contribution is -2.40. The zero-order valence-corrected chi connectivity index (χ0v) is 13.4. The Balaban J connectivity index is 1.49. The molecule has 0 aromatic carbocycles. The van der Waals surface area contributed by atoms with Gasteiger partial charge >= 0.3 is 0 Å². The molecule has 24 heavy (non-hydrogen) atoms. The molecule has 9 heteroatoms. The molecule has 2 aromatic rings. The Morgan fingerprint density at radius 3 is 2.71 bits per heavy atom. The number of nitrogens with zero attached hydrogens (tertiary/aromatic N) is 5. The maximum atomic E-state index is 12.6. The van der Waals surface area contributed by atoms with Gasteiger partial charge in [-0.15, -0.1) is 0 Å². The SMILES string of the molecule is Cc1cc(C(F)F)nn1CC(=O)NC1CCC(n2cncn2)CC1. The highest BCUT2D eigenvalue weighted by atomic mass is 19.3. The van der Waals surface area contributed by atoms with Crippen LogP contribution in [-0.4, -0.2) is 36.5 Å². The fourth-order valence-electron chi connectivity index (χ4n) is 3.10. The largest absolute Gasteiger partial charge is 0.352 e. The predicted molar refractivity (Wildman–Crippen MR) is 81.4 cm³/mol. The average molecular weight is 338 g/mol. The van der Waals surface area contributed by atoms with Gasteiger partial charge in [-0.3, -0.25) is 9.48 Å². The Hall–Kier alpha value is -2.32. The topological polar surface area (TPSA) is 77.6 Å². The molecule has 7 nitrogen and oxygen atoms in total. The molecule has 1 fully saturated rings. The summed E-state index contributed by atoms with van der Waals surface area (Å²) in [6.45, 7) is 1.62. The lowest BCUT2D eigenvalue weighted by molar-refractivity contribution is -0.122. The van der Waals surface area contributed by atoms with Crippen molar-refractivity contribution >= 4 is 5.91 Å². The normalized spacial score (nSPS) is 21.2. The van der Waals surface area contributed by atoms with Crippen LogP contribution in [0.5, 0.6) is 0 Å². The van der Waals surface area contributed by atoms with E-state index in [9.17, 15) is 13.6 Å². The number of carbonyl (C=O) groups excluding carboxylic acids is 1. The summed E-state index contributed by atoms with van der Waals surface area (Å²) in [4.78, 5) is 16.1. The Labute approximate surface area is 138 Å². The van der Waals surface area contributed by atoms with Crippen molar-refractivity contribution in [1.29, 1.82) is 0 Å². The van der Waals surface area contributed by atoms with E-state index in [1.54, 1.807) is 13.3 Å². The number of hydrogen-bond donors (Lipinski definition) is 1. The second-order valence-electron chi connectivity index (χ2n) is 6.12. The molecule has 1 amide bonds. The minimum absolute atomic E-state index is 0.0401. The van der Waals surface area contributed by atoms with E-state index in [0.29, 0.717) is 11.7 Å². The average Bonchev–Trinajstić information content (AvgIpc) is 3.19. The number of aromatic nitrogens is 5. The predicted octanol–water partition coefficient (Wildman–Crippen LogP) is 2.02. The van der Waals surface area contributed by atoms with E-state index < -0.39 is 6.43 Å². The Bertz CT molecular complexity index is 676. The standard InChI is InChI=1S/C15H20F2N6O/c1-10-6-13(15(16)17)21-22(10)7-14(24)20-11-2-4-12(5-3-11)23-9-18-8-19-23/h6,8-9,11-12,15H,2-5,7H2,1H3,(H,20,24). The molecule has 1 saturated carbocycles. The van der Waals surface area contributed by atoms with Gasteiger partial charge in [0.05, 0.1) is 6.04 Å². The Morgan fingerprint density at radius 2 is 2.12 bits per heavy atom. The van der Waals surface area contributed by atoms with Gasteiger partial charge in [0, 0.05) is 11.7 Å². The van der Waals surface area contributed by atoms with Gasteiger partial charge in [0.15, 0.2) is 0 Å². The van der Waals surface area contributed by atoms with Crippen molar-refractivity contribution < 1.29 is 13.6 Å². The highest BCUT2D eigenvalue weighted by Crippen LogP contribution is 2.27. The van der Waals surface area contributed by atoms with Gasteiger partial charge < -0.3 is 5.32 Å². The van der Waals surface area contributed by atoms with Gasteiger partial charge in [0.25, 0.3) is 6.43 Å². The van der Waals surface area contributed by atoms with Gasteiger partial charge in [0.1, 0.15) is 24.9 Å². The summed E-state index contributed by atoms with van der Waals surface area (Å²) in [6.07, 6.45) is 4.17. The highest BCUT2D eigenvalue weighted by molar-refractivity contribution is 5.76. The van der Waals surface area contributed by atoms with Crippen molar-refractivity contribution in [2.45, 2.75) is 57.7 Å². The molecule has 1 aliphatic rings. The summed E-state index contributed by atoms with van der Waals surface area (Å²) >= 11 is 0. The molecule has 0 aliphatic heterocycles. The van der Waals surface area contributed by atoms with Crippen LogP contribution in [0.15, 0.2) is 18.7 Å². The monoisotopic (exact) mass is 338 g/mol. The van der Waals surface area contributed by atoms with Crippen LogP contribution >= 0.6 is 0 Å². The molecule has 0 radical (unpaired) electrons. The van der Waals surface area contributed by atoms with E-state index in [1.165, 1.54) is 17.1 Å². The summed E-state index contributed by atoms with van der Waals surface area (Å²) < 4.78 is 28.4. The third kappa shape index (κ3) is 3.77. The van der Waals surface area contributed by atoms with Gasteiger partial charge in [-0.1, -0.05) is 0 Å². The van der Waals surface area contributed by atoms with Gasteiger partial charge in [-0.25, -0.2) is 18.4 Å². The fourth-order valence-corrected chi connectivity index (χ4v) is 3.10. The molecular weight excluding hydrogens is 318 g/mol. The highest BCUT2D eigenvalue weighted by Gasteiger charge is 2.24. The van der Waals surface area contributed by atoms with E-state index in [1.807, 2.05) is 4.68 Å². The summed E-state index contributed by atoms with van der Waals surface area (Å²) in [5, 5.41) is 10.9. The Morgan fingerprint density at radius 1 is 1.38 bits per heavy atom. The number of halogens is 2. The number of carbonyl (C=O) groups is 1. The van der Waals surface area contributed by atoms with Crippen LogP contribution in [0.3, 0.4) is 0 Å². The number of hydrogen-bond acceptors (Lipinski definition) is 4. The summed E-state index contributed by atoms with van der Waals surface area (Å²) in [5.41, 5.74) is 0.254. The molecule has 130 valence electrons. The molecule has 3 rings (SSSR count). The first kappa shape index (κ1) is 16.5. The summed E-state index contributed by atoms with van der Waals surface area (Å²) in [6, 6.07) is 1.73.